The molecule has 0 heterocycles. The summed E-state index contributed by atoms with van der Waals surface area (Å²) in [6.07, 6.45) is 36.9. The Balaban J connectivity index is 3.95. The van der Waals surface area contributed by atoms with Crippen LogP contribution < -0.4 is 0 Å². The molecule has 0 aromatic carbocycles. The first-order chi connectivity index (χ1) is 25.3. The summed E-state index contributed by atoms with van der Waals surface area (Å²) in [6.45, 7) is 2.12. The van der Waals surface area contributed by atoms with Crippen LogP contribution in [-0.2, 0) is 32.7 Å². The highest BCUT2D eigenvalue weighted by molar-refractivity contribution is 7.47. The molecule has 3 unspecified atom stereocenters. The lowest BCUT2D eigenvalue weighted by atomic mass is 10.1. The maximum absolute atomic E-state index is 12.3. The highest BCUT2D eigenvalue weighted by Crippen LogP contribution is 2.43. The van der Waals surface area contributed by atoms with Gasteiger partial charge in [-0.2, -0.15) is 0 Å². The number of aliphatic hydroxyl groups excluding tert-OH is 2. The van der Waals surface area contributed by atoms with Gasteiger partial charge in [0, 0.05) is 12.8 Å². The summed E-state index contributed by atoms with van der Waals surface area (Å²) in [6, 6.07) is 0. The number of unbranched alkanes of at least 4 members (excludes halogenated alkanes) is 18. The van der Waals surface area contributed by atoms with E-state index in [9.17, 15) is 29.3 Å². The zero-order valence-corrected chi connectivity index (χ0v) is 33.7. The summed E-state index contributed by atoms with van der Waals surface area (Å²) in [5, 5.41) is 19.1. The fraction of sp³-hybridized carbons (Fsp3) is 0.805. The summed E-state index contributed by atoms with van der Waals surface area (Å²) in [5.41, 5.74) is 0. The molecule has 0 aliphatic heterocycles. The highest BCUT2D eigenvalue weighted by Gasteiger charge is 2.27. The number of ether oxygens (including phenoxy) is 2. The minimum Gasteiger partial charge on any atom is -0.457 e. The molecule has 0 aliphatic rings. The highest BCUT2D eigenvalue weighted by atomic mass is 31.2. The van der Waals surface area contributed by atoms with Gasteiger partial charge >= 0.3 is 19.8 Å². The third-order valence-corrected chi connectivity index (χ3v) is 9.53. The molecule has 3 N–H and O–H groups in total. The number of allylic oxidation sites excluding steroid dienone is 6. The van der Waals surface area contributed by atoms with Crippen molar-refractivity contribution < 1.29 is 47.8 Å². The zero-order chi connectivity index (χ0) is 38.4. The maximum Gasteiger partial charge on any atom is 0.472 e. The second-order valence-corrected chi connectivity index (χ2v) is 15.1. The van der Waals surface area contributed by atoms with Crippen molar-refractivity contribution in [1.82, 2.24) is 0 Å². The van der Waals surface area contributed by atoms with Crippen LogP contribution >= 0.6 is 7.82 Å². The molecular formula is C41H75O10P. The number of hydrogen-bond donors (Lipinski definition) is 3. The molecule has 0 amide bonds. The van der Waals surface area contributed by atoms with E-state index in [1.807, 2.05) is 0 Å². The van der Waals surface area contributed by atoms with Crippen molar-refractivity contribution in [2.75, 3.05) is 26.4 Å². The molecular weight excluding hydrogens is 683 g/mol. The Hall–Kier alpha value is -1.81. The number of carbonyl (C=O) groups is 2. The van der Waals surface area contributed by atoms with Crippen LogP contribution in [0.2, 0.25) is 0 Å². The topological polar surface area (TPSA) is 149 Å². The second kappa shape index (κ2) is 37.5. The predicted molar refractivity (Wildman–Crippen MR) is 210 cm³/mol. The van der Waals surface area contributed by atoms with Crippen molar-refractivity contribution in [3.05, 3.63) is 36.5 Å². The van der Waals surface area contributed by atoms with Gasteiger partial charge in [-0.3, -0.25) is 18.6 Å². The molecule has 0 saturated carbocycles. The lowest BCUT2D eigenvalue weighted by Gasteiger charge is -2.20. The molecule has 11 heteroatoms. The number of hydrogen-bond acceptors (Lipinski definition) is 9. The van der Waals surface area contributed by atoms with Crippen molar-refractivity contribution in [3.63, 3.8) is 0 Å². The van der Waals surface area contributed by atoms with Crippen LogP contribution in [0.1, 0.15) is 174 Å². The number of carbonyl (C=O) groups excluding carboxylic acids is 2. The van der Waals surface area contributed by atoms with E-state index in [0.29, 0.717) is 12.8 Å². The summed E-state index contributed by atoms with van der Waals surface area (Å²) in [4.78, 5) is 34.4. The first-order valence-corrected chi connectivity index (χ1v) is 21.9. The second-order valence-electron chi connectivity index (χ2n) is 13.6. The molecule has 0 bridgehead atoms. The average molecular weight is 759 g/mol. The zero-order valence-electron chi connectivity index (χ0n) is 32.8. The molecule has 0 aromatic rings. The van der Waals surface area contributed by atoms with E-state index in [1.54, 1.807) is 0 Å². The number of esters is 2. The van der Waals surface area contributed by atoms with Crippen LogP contribution in [0, 0.1) is 0 Å². The molecule has 0 spiro atoms. The molecule has 0 aromatic heterocycles. The smallest absolute Gasteiger partial charge is 0.457 e. The third-order valence-electron chi connectivity index (χ3n) is 8.57. The van der Waals surface area contributed by atoms with E-state index in [-0.39, 0.29) is 12.8 Å². The molecule has 304 valence electrons. The fourth-order valence-corrected chi connectivity index (χ4v) is 6.14. The van der Waals surface area contributed by atoms with E-state index in [2.05, 4.69) is 50.3 Å². The summed E-state index contributed by atoms with van der Waals surface area (Å²) < 4.78 is 32.5. The fourth-order valence-electron chi connectivity index (χ4n) is 5.36. The lowest BCUT2D eigenvalue weighted by molar-refractivity contribution is -0.153. The number of phosphoric acid groups is 1. The van der Waals surface area contributed by atoms with Crippen LogP contribution in [0.15, 0.2) is 36.5 Å². The molecule has 52 heavy (non-hydrogen) atoms. The van der Waals surface area contributed by atoms with Crippen LogP contribution in [-0.4, -0.2) is 65.7 Å². The first kappa shape index (κ1) is 50.2. The normalized spacial score (nSPS) is 14.3. The van der Waals surface area contributed by atoms with Crippen molar-refractivity contribution in [3.8, 4) is 0 Å². The number of aliphatic hydroxyl groups is 2. The van der Waals surface area contributed by atoms with E-state index in [0.717, 1.165) is 70.6 Å². The van der Waals surface area contributed by atoms with E-state index in [1.165, 1.54) is 64.2 Å². The summed E-state index contributed by atoms with van der Waals surface area (Å²) >= 11 is 0. The first-order valence-electron chi connectivity index (χ1n) is 20.4. The van der Waals surface area contributed by atoms with Gasteiger partial charge in [-0.05, 0) is 64.2 Å². The van der Waals surface area contributed by atoms with Crippen LogP contribution in [0.4, 0.5) is 0 Å². The van der Waals surface area contributed by atoms with Gasteiger partial charge in [-0.15, -0.1) is 0 Å². The molecule has 0 saturated heterocycles. The molecule has 0 radical (unpaired) electrons. The molecule has 10 nitrogen and oxygen atoms in total. The van der Waals surface area contributed by atoms with Gasteiger partial charge in [0.25, 0.3) is 0 Å². The van der Waals surface area contributed by atoms with Crippen molar-refractivity contribution in [2.24, 2.45) is 0 Å². The Morgan fingerprint density at radius 3 is 1.27 bits per heavy atom. The molecule has 0 rings (SSSR count). The molecule has 0 fully saturated rings. The third kappa shape index (κ3) is 35.2. The number of rotatable bonds is 38. The van der Waals surface area contributed by atoms with Gasteiger partial charge in [-0.25, -0.2) is 4.57 Å². The SMILES string of the molecule is CCCC/C=C\CCCCCCCC(=O)OC(CO)COP(=O)(O)OCC(CO)OC(=O)CCCCCCCCC/C=C\C/C=C\CCCCCC. The summed E-state index contributed by atoms with van der Waals surface area (Å²) in [5.74, 6) is -1.04. The Bertz CT molecular complexity index is 967. The van der Waals surface area contributed by atoms with Gasteiger partial charge in [0.2, 0.25) is 0 Å². The van der Waals surface area contributed by atoms with Crippen LogP contribution in [0.5, 0.6) is 0 Å². The van der Waals surface area contributed by atoms with Crippen molar-refractivity contribution in [1.29, 1.82) is 0 Å². The Kier molecular flexibility index (Phi) is 36.2. The van der Waals surface area contributed by atoms with Gasteiger partial charge in [0.15, 0.2) is 0 Å². The summed E-state index contributed by atoms with van der Waals surface area (Å²) in [7, 11) is -4.63. The van der Waals surface area contributed by atoms with Crippen molar-refractivity contribution in [2.45, 2.75) is 187 Å². The Labute approximate surface area is 316 Å². The standard InChI is InChI=1S/C41H75O10P/c1-3-5-7-9-11-13-15-16-17-18-19-20-21-23-25-27-29-31-33-41(45)51-39(35-43)37-49-52(46,47)48-36-38(34-42)50-40(44)32-30-28-26-24-22-14-12-10-8-6-4-2/h10,12-13,15,17-18,38-39,42-43H,3-9,11,14,16,19-37H2,1-2H3,(H,46,47)/b12-10-,15-13-,18-17-. The Morgan fingerprint density at radius 1 is 0.519 bits per heavy atom. The van der Waals surface area contributed by atoms with Gasteiger partial charge in [-0.1, -0.05) is 134 Å². The minimum absolute atomic E-state index is 0.181. The monoisotopic (exact) mass is 759 g/mol. The molecule has 0 aliphatic carbocycles. The predicted octanol–water partition coefficient (Wildman–Crippen LogP) is 10.4. The van der Waals surface area contributed by atoms with Crippen molar-refractivity contribution >= 4 is 19.8 Å². The van der Waals surface area contributed by atoms with Gasteiger partial charge in [0.05, 0.1) is 26.4 Å². The minimum atomic E-state index is -4.63. The Morgan fingerprint density at radius 2 is 0.865 bits per heavy atom. The molecule has 3 atom stereocenters. The van der Waals surface area contributed by atoms with Gasteiger partial charge in [0.1, 0.15) is 12.2 Å². The largest absolute Gasteiger partial charge is 0.472 e. The maximum atomic E-state index is 12.3. The van der Waals surface area contributed by atoms with E-state index < -0.39 is 58.4 Å². The average Bonchev–Trinajstić information content (AvgIpc) is 3.13. The quantitative estimate of drug-likeness (QED) is 0.0240. The van der Waals surface area contributed by atoms with E-state index >= 15 is 0 Å². The lowest BCUT2D eigenvalue weighted by Crippen LogP contribution is -2.28. The van der Waals surface area contributed by atoms with Crippen LogP contribution in [0.3, 0.4) is 0 Å². The van der Waals surface area contributed by atoms with E-state index in [4.69, 9.17) is 18.5 Å². The van der Waals surface area contributed by atoms with Crippen LogP contribution in [0.25, 0.3) is 0 Å². The number of phosphoric ester groups is 1. The van der Waals surface area contributed by atoms with Gasteiger partial charge < -0.3 is 24.6 Å².